The molecule has 14 heteroatoms. The molecule has 50 heavy (non-hydrogen) atoms. The Kier molecular flexibility index (Phi) is 12.6. The average Bonchev–Trinajstić information content (AvgIpc) is 3.53. The van der Waals surface area contributed by atoms with Crippen molar-refractivity contribution >= 4 is 46.5 Å². The molecule has 4 aromatic rings. The molecule has 3 heterocycles. The lowest BCUT2D eigenvalue weighted by Gasteiger charge is -2.37. The first-order valence-corrected chi connectivity index (χ1v) is 17.5. The van der Waals surface area contributed by atoms with Gasteiger partial charge in [0.25, 0.3) is 0 Å². The van der Waals surface area contributed by atoms with Gasteiger partial charge in [-0.2, -0.15) is 4.73 Å². The zero-order chi connectivity index (χ0) is 35.9. The average molecular weight is 744 g/mol. The van der Waals surface area contributed by atoms with Gasteiger partial charge in [0.05, 0.1) is 20.3 Å². The maximum Gasteiger partial charge on any atom is 0.346 e. The molecule has 3 atom stereocenters. The minimum absolute atomic E-state index is 0.0751. The highest BCUT2D eigenvalue weighted by molar-refractivity contribution is 7.14. The van der Waals surface area contributed by atoms with Crippen molar-refractivity contribution in [2.75, 3.05) is 54.6 Å². The summed E-state index contributed by atoms with van der Waals surface area (Å²) in [6, 6.07) is 15.8. The first kappa shape index (κ1) is 37.3. The number of nitrogens with one attached hydrogen (secondary N) is 1. The van der Waals surface area contributed by atoms with Gasteiger partial charge in [-0.15, -0.1) is 11.3 Å². The highest BCUT2D eigenvalue weighted by atomic mass is 35.5. The molecule has 11 nitrogen and oxygen atoms in total. The van der Waals surface area contributed by atoms with Gasteiger partial charge in [0.2, 0.25) is 0 Å². The number of piperazine rings is 1. The van der Waals surface area contributed by atoms with Crippen LogP contribution < -0.4 is 19.5 Å². The Hall–Kier alpha value is -3.91. The third-order valence-electron chi connectivity index (χ3n) is 8.90. The fourth-order valence-electron chi connectivity index (χ4n) is 6.11. The zero-order valence-corrected chi connectivity index (χ0v) is 30.6. The monoisotopic (exact) mass is 742 g/mol. The number of benzene rings is 2. The number of likely N-dealkylation sites (N-methyl/N-ethyl adjacent to an activating group) is 2. The van der Waals surface area contributed by atoms with E-state index in [-0.39, 0.29) is 40.5 Å². The molecular weight excluding hydrogens is 703 g/mol. The summed E-state index contributed by atoms with van der Waals surface area (Å²) in [5, 5.41) is 26.1. The maximum absolute atomic E-state index is 13.6. The van der Waals surface area contributed by atoms with E-state index in [1.165, 1.54) is 26.6 Å². The van der Waals surface area contributed by atoms with Crippen LogP contribution in [0.25, 0.3) is 0 Å². The lowest BCUT2D eigenvalue weighted by Crippen LogP contribution is -2.52. The number of carbonyl (C=O) groups excluding carboxylic acids is 1. The SMILES string of the molecule is COc1ccc([C@H](Cc2c(Cl)c[n+]([O-])cc2Cl)c2cc(CNC(C(=O)OC[C@H]3CN(C)CCN3C)c3ccccc3)sc2C(=O)O)cc1OC. The van der Waals surface area contributed by atoms with Crippen molar-refractivity contribution in [3.8, 4) is 11.5 Å². The van der Waals surface area contributed by atoms with Crippen molar-refractivity contribution in [1.29, 1.82) is 0 Å². The van der Waals surface area contributed by atoms with Gasteiger partial charge in [0.15, 0.2) is 23.9 Å². The van der Waals surface area contributed by atoms with Gasteiger partial charge in [-0.05, 0) is 55.4 Å². The molecule has 5 rings (SSSR count). The van der Waals surface area contributed by atoms with E-state index >= 15 is 0 Å². The van der Waals surface area contributed by atoms with Gasteiger partial charge in [-0.25, -0.2) is 9.59 Å². The first-order valence-electron chi connectivity index (χ1n) is 16.0. The summed E-state index contributed by atoms with van der Waals surface area (Å²) in [5.41, 5.74) is 2.46. The van der Waals surface area contributed by atoms with Gasteiger partial charge >= 0.3 is 11.9 Å². The number of thiophene rings is 1. The van der Waals surface area contributed by atoms with Crippen LogP contribution in [0.3, 0.4) is 0 Å². The highest BCUT2D eigenvalue weighted by Gasteiger charge is 2.30. The Labute approximate surface area is 305 Å². The summed E-state index contributed by atoms with van der Waals surface area (Å²) >= 11 is 14.1. The molecule has 1 aliphatic heterocycles. The third kappa shape index (κ3) is 8.87. The largest absolute Gasteiger partial charge is 0.619 e. The van der Waals surface area contributed by atoms with Crippen molar-refractivity contribution in [1.82, 2.24) is 15.1 Å². The molecular formula is C36H40Cl2N4O7S. The minimum Gasteiger partial charge on any atom is -0.619 e. The Morgan fingerprint density at radius 1 is 1.02 bits per heavy atom. The Morgan fingerprint density at radius 3 is 2.38 bits per heavy atom. The number of halogens is 2. The number of carbonyl (C=O) groups is 2. The van der Waals surface area contributed by atoms with Crippen LogP contribution in [0, 0.1) is 5.21 Å². The smallest absolute Gasteiger partial charge is 0.346 e. The number of ether oxygens (including phenoxy) is 3. The number of carboxylic acids is 1. The fraction of sp³-hybridized carbons (Fsp3) is 0.361. The molecule has 0 spiro atoms. The van der Waals surface area contributed by atoms with Crippen LogP contribution >= 0.6 is 34.5 Å². The molecule has 1 unspecified atom stereocenters. The number of rotatable bonds is 14. The lowest BCUT2D eigenvalue weighted by atomic mass is 9.85. The van der Waals surface area contributed by atoms with Crippen LogP contribution in [-0.4, -0.2) is 87.4 Å². The maximum atomic E-state index is 13.6. The summed E-state index contributed by atoms with van der Waals surface area (Å²) in [5.74, 6) is -1.12. The van der Waals surface area contributed by atoms with E-state index in [4.69, 9.17) is 37.4 Å². The van der Waals surface area contributed by atoms with Gasteiger partial charge in [-0.3, -0.25) is 10.2 Å². The Morgan fingerprint density at radius 2 is 1.72 bits per heavy atom. The van der Waals surface area contributed by atoms with Crippen molar-refractivity contribution in [3.05, 3.63) is 114 Å². The number of carboxylic acid groups (broad SMARTS) is 1. The summed E-state index contributed by atoms with van der Waals surface area (Å²) in [7, 11) is 7.13. The standard InChI is InChI=1S/C36H40Cl2N4O7S/c1-40-12-13-41(2)24(18-40)21-49-36(45)33(22-8-6-5-7-9-22)39-17-25-15-27(34(50-25)35(43)44)26(16-28-29(37)19-42(46)20-30(28)38)23-10-11-31(47-3)32(14-23)48-4/h5-11,14-15,19-20,24,26,33,39H,12-13,16-18,21H2,1-4H3,(H,43,44)/t24-,26+,33?/m1/s1. The Balaban J connectivity index is 1.46. The van der Waals surface area contributed by atoms with Crippen LogP contribution in [0.15, 0.2) is 67.0 Å². The Bertz CT molecular complexity index is 1790. The molecule has 266 valence electrons. The first-order chi connectivity index (χ1) is 24.0. The van der Waals surface area contributed by atoms with Crippen LogP contribution in [0.4, 0.5) is 0 Å². The topological polar surface area (TPSA) is 128 Å². The van der Waals surface area contributed by atoms with E-state index in [1.54, 1.807) is 12.1 Å². The van der Waals surface area contributed by atoms with Crippen molar-refractivity contribution < 1.29 is 33.6 Å². The molecule has 0 radical (unpaired) electrons. The van der Waals surface area contributed by atoms with Gasteiger partial charge in [0.1, 0.15) is 27.6 Å². The summed E-state index contributed by atoms with van der Waals surface area (Å²) in [6.07, 6.45) is 2.60. The number of nitrogens with zero attached hydrogens (tertiary/aromatic N) is 3. The van der Waals surface area contributed by atoms with Gasteiger partial charge in [-0.1, -0.05) is 59.6 Å². The number of methoxy groups -OCH3 is 2. The summed E-state index contributed by atoms with van der Waals surface area (Å²) in [4.78, 5) is 31.6. The van der Waals surface area contributed by atoms with Gasteiger partial charge < -0.3 is 29.4 Å². The van der Waals surface area contributed by atoms with Crippen molar-refractivity contribution in [2.24, 2.45) is 0 Å². The zero-order valence-electron chi connectivity index (χ0n) is 28.2. The molecule has 2 aromatic carbocycles. The second-order valence-electron chi connectivity index (χ2n) is 12.2. The summed E-state index contributed by atoms with van der Waals surface area (Å²) < 4.78 is 17.4. The molecule has 0 saturated carbocycles. The highest BCUT2D eigenvalue weighted by Crippen LogP contribution is 2.41. The molecule has 2 N–H and O–H groups in total. The molecule has 0 bridgehead atoms. The molecule has 1 aliphatic rings. The molecule has 0 aliphatic carbocycles. The third-order valence-corrected chi connectivity index (χ3v) is 10.7. The molecule has 2 aromatic heterocycles. The minimum atomic E-state index is -1.11. The van der Waals surface area contributed by atoms with E-state index in [0.29, 0.717) is 32.2 Å². The number of aromatic nitrogens is 1. The summed E-state index contributed by atoms with van der Waals surface area (Å²) in [6.45, 7) is 3.07. The molecule has 1 fully saturated rings. The fourth-order valence-corrected chi connectivity index (χ4v) is 7.72. The van der Waals surface area contributed by atoms with Crippen LogP contribution in [0.5, 0.6) is 11.5 Å². The second kappa shape index (κ2) is 16.9. The van der Waals surface area contributed by atoms with E-state index in [0.717, 1.165) is 42.1 Å². The van der Waals surface area contributed by atoms with Gasteiger partial charge in [0, 0.05) is 42.5 Å². The quantitative estimate of drug-likeness (QED) is 0.0986. The van der Waals surface area contributed by atoms with E-state index in [1.807, 2.05) is 49.5 Å². The number of pyridine rings is 1. The predicted octanol–water partition coefficient (Wildman–Crippen LogP) is 5.40. The number of hydrogen-bond acceptors (Lipinski definition) is 10. The van der Waals surface area contributed by atoms with Crippen molar-refractivity contribution in [2.45, 2.75) is 31.0 Å². The number of hydrogen-bond donors (Lipinski definition) is 2. The van der Waals surface area contributed by atoms with E-state index < -0.39 is 23.9 Å². The number of esters is 1. The number of aromatic carboxylic acids is 1. The molecule has 0 amide bonds. The predicted molar refractivity (Wildman–Crippen MR) is 193 cm³/mol. The lowest BCUT2D eigenvalue weighted by molar-refractivity contribution is -0.605. The van der Waals surface area contributed by atoms with Crippen LogP contribution in [0.2, 0.25) is 10.0 Å². The second-order valence-corrected chi connectivity index (χ2v) is 14.2. The van der Waals surface area contributed by atoms with Crippen LogP contribution in [0.1, 0.15) is 48.8 Å². The molecule has 1 saturated heterocycles. The van der Waals surface area contributed by atoms with Crippen molar-refractivity contribution in [3.63, 3.8) is 0 Å². The normalized spacial score (nSPS) is 16.5. The van der Waals surface area contributed by atoms with E-state index in [2.05, 4.69) is 22.2 Å². The van der Waals surface area contributed by atoms with Crippen LogP contribution in [-0.2, 0) is 22.5 Å². The van der Waals surface area contributed by atoms with E-state index in [9.17, 15) is 19.9 Å².